The van der Waals surface area contributed by atoms with Gasteiger partial charge in [0.15, 0.2) is 34.2 Å². The molecule has 0 unspecified atom stereocenters. The summed E-state index contributed by atoms with van der Waals surface area (Å²) in [4.78, 5) is 82.2. The van der Waals surface area contributed by atoms with Gasteiger partial charge in [0.2, 0.25) is 0 Å². The average molecular weight is 1280 g/mol. The largest absolute Gasteiger partial charge is 0.478 e. The quantitative estimate of drug-likeness (QED) is 0.0189. The third kappa shape index (κ3) is 18.9. The van der Waals surface area contributed by atoms with Gasteiger partial charge in [-0.1, -0.05) is 138 Å². The van der Waals surface area contributed by atoms with Crippen molar-refractivity contribution in [3.05, 3.63) is 176 Å². The molecule has 0 saturated heterocycles. The normalized spacial score (nSPS) is 13.9. The Labute approximate surface area is 547 Å². The number of carbonyl (C=O) groups excluding carboxylic acids is 5. The molecule has 6 rings (SSSR count). The Bertz CT molecular complexity index is 3480. The predicted molar refractivity (Wildman–Crippen MR) is 363 cm³/mol. The molecule has 0 saturated carbocycles. The number of aryl methyl sites for hydroxylation is 6. The van der Waals surface area contributed by atoms with E-state index < -0.39 is 34.7 Å². The van der Waals surface area contributed by atoms with E-state index in [2.05, 4.69) is 32.9 Å². The molecule has 15 heteroatoms. The van der Waals surface area contributed by atoms with Gasteiger partial charge in [0.25, 0.3) is 0 Å². The highest BCUT2D eigenvalue weighted by Gasteiger charge is 2.36. The third-order valence-corrected chi connectivity index (χ3v) is 19.5. The minimum absolute atomic E-state index is 0.00278. The second-order valence-corrected chi connectivity index (χ2v) is 28.9. The number of ether oxygens (including phenoxy) is 5. The van der Waals surface area contributed by atoms with Crippen molar-refractivity contribution in [1.29, 1.82) is 0 Å². The molecule has 0 fully saturated rings. The zero-order valence-corrected chi connectivity index (χ0v) is 58.5. The first-order valence-electron chi connectivity index (χ1n) is 30.8. The lowest BCUT2D eigenvalue weighted by atomic mass is 9.84. The topological polar surface area (TPSA) is 169 Å². The molecule has 12 nitrogen and oxygen atoms in total. The Hall–Kier alpha value is -6.81. The van der Waals surface area contributed by atoms with E-state index >= 15 is 0 Å². The molecule has 0 radical (unpaired) electrons. The number of carboxylic acids is 1. The van der Waals surface area contributed by atoms with E-state index in [4.69, 9.17) is 23.7 Å². The van der Waals surface area contributed by atoms with Crippen LogP contribution in [-0.2, 0) is 43.1 Å². The maximum Gasteiger partial charge on any atom is 0.350 e. The van der Waals surface area contributed by atoms with Gasteiger partial charge in [-0.3, -0.25) is 14.4 Å². The standard InChI is InChI=1S/C75H92O12S3/c1-43(52(10)64(76)58-20-26-61(88-19)27-21-58)33-56-37-48(6)68(49(7)38-56)86-74(15,16)71(81)83-42-90-63-30-24-60(25-31-63)66(78)54(12)45(3)34-57-39-50(8)69(51(9)40-57)87-75(17,18)72(82)84-41-89-62-28-22-59(23-29-62)65(77)53(11)44(2)32-55-35-46(4)67(47(5)36-55)85-73(13,14)70(79)80/h20-31,35-40,43-45,52-54H,32-34,41-42H2,1-19H3,(H,79,80)/t43-,44-,45+,52+,53+,54-/m1/s1. The summed E-state index contributed by atoms with van der Waals surface area (Å²) in [5, 5.41) is 9.56. The molecule has 0 amide bonds. The summed E-state index contributed by atoms with van der Waals surface area (Å²) in [6.45, 7) is 33.6. The molecule has 0 heterocycles. The molecule has 0 aliphatic heterocycles. The van der Waals surface area contributed by atoms with E-state index in [-0.39, 0.29) is 64.7 Å². The summed E-state index contributed by atoms with van der Waals surface area (Å²) < 4.78 is 30.1. The van der Waals surface area contributed by atoms with Crippen LogP contribution in [0.15, 0.2) is 124 Å². The lowest BCUT2D eigenvalue weighted by molar-refractivity contribution is -0.157. The molecule has 482 valence electrons. The van der Waals surface area contributed by atoms with Crippen molar-refractivity contribution >= 4 is 70.5 Å². The van der Waals surface area contributed by atoms with Gasteiger partial charge in [-0.2, -0.15) is 0 Å². The van der Waals surface area contributed by atoms with Gasteiger partial charge in [-0.25, -0.2) is 14.4 Å². The lowest BCUT2D eigenvalue weighted by Gasteiger charge is -2.27. The highest BCUT2D eigenvalue weighted by molar-refractivity contribution is 7.99. The van der Waals surface area contributed by atoms with Crippen molar-refractivity contribution < 1.29 is 57.6 Å². The summed E-state index contributed by atoms with van der Waals surface area (Å²) in [5.41, 5.74) is 6.38. The fraction of sp³-hybridized carbons (Fsp3) is 0.440. The van der Waals surface area contributed by atoms with Crippen molar-refractivity contribution in [1.82, 2.24) is 0 Å². The van der Waals surface area contributed by atoms with E-state index in [1.807, 2.05) is 153 Å². The van der Waals surface area contributed by atoms with Crippen LogP contribution in [0.2, 0.25) is 0 Å². The fourth-order valence-corrected chi connectivity index (χ4v) is 12.6. The van der Waals surface area contributed by atoms with Crippen LogP contribution in [0.3, 0.4) is 0 Å². The van der Waals surface area contributed by atoms with Gasteiger partial charge >= 0.3 is 17.9 Å². The van der Waals surface area contributed by atoms with Crippen LogP contribution in [0.25, 0.3) is 0 Å². The molecular formula is C75H92O12S3. The van der Waals surface area contributed by atoms with Crippen LogP contribution >= 0.6 is 35.3 Å². The first-order valence-corrected chi connectivity index (χ1v) is 34.0. The summed E-state index contributed by atoms with van der Waals surface area (Å²) >= 11 is 4.34. The highest BCUT2D eigenvalue weighted by atomic mass is 32.2. The Morgan fingerprint density at radius 2 is 0.644 bits per heavy atom. The van der Waals surface area contributed by atoms with Gasteiger partial charge < -0.3 is 28.8 Å². The summed E-state index contributed by atoms with van der Waals surface area (Å²) in [7, 11) is 0. The van der Waals surface area contributed by atoms with Gasteiger partial charge in [0.05, 0.1) is 0 Å². The molecule has 6 aromatic carbocycles. The number of hydrogen-bond donors (Lipinski definition) is 1. The average Bonchev–Trinajstić information content (AvgIpc) is 1.23. The zero-order chi connectivity index (χ0) is 66.7. The molecule has 0 spiro atoms. The lowest BCUT2D eigenvalue weighted by Crippen LogP contribution is -2.40. The van der Waals surface area contributed by atoms with Crippen molar-refractivity contribution in [3.63, 3.8) is 0 Å². The van der Waals surface area contributed by atoms with Gasteiger partial charge in [-0.05, 0) is 213 Å². The molecular weight excluding hydrogens is 1190 g/mol. The van der Waals surface area contributed by atoms with Crippen LogP contribution in [0.5, 0.6) is 17.2 Å². The first kappa shape index (κ1) is 72.3. The number of carboxylic acid groups (broad SMARTS) is 1. The smallest absolute Gasteiger partial charge is 0.350 e. The molecule has 0 bridgehead atoms. The second-order valence-electron chi connectivity index (χ2n) is 26.0. The van der Waals surface area contributed by atoms with Crippen LogP contribution in [0, 0.1) is 77.0 Å². The number of thioether (sulfide) groups is 3. The number of carbonyl (C=O) groups is 6. The van der Waals surface area contributed by atoms with Crippen LogP contribution in [0.4, 0.5) is 0 Å². The Kier molecular flexibility index (Phi) is 24.9. The molecule has 0 aliphatic rings. The Morgan fingerprint density at radius 3 is 0.889 bits per heavy atom. The van der Waals surface area contributed by atoms with Crippen LogP contribution in [0.1, 0.15) is 164 Å². The van der Waals surface area contributed by atoms with E-state index in [1.165, 1.54) is 37.4 Å². The van der Waals surface area contributed by atoms with Crippen molar-refractivity contribution in [2.75, 3.05) is 18.1 Å². The maximum atomic E-state index is 13.8. The molecule has 1 N–H and O–H groups in total. The monoisotopic (exact) mass is 1280 g/mol. The van der Waals surface area contributed by atoms with E-state index in [1.54, 1.807) is 51.6 Å². The number of Topliss-reactive ketones (excluding diaryl/α,β-unsaturated/α-hetero) is 3. The first-order chi connectivity index (χ1) is 42.1. The molecule has 6 atom stereocenters. The summed E-state index contributed by atoms with van der Waals surface area (Å²) in [6, 6.07) is 34.7. The van der Waals surface area contributed by atoms with Crippen LogP contribution in [-0.4, -0.2) is 75.3 Å². The molecule has 0 aliphatic carbocycles. The predicted octanol–water partition coefficient (Wildman–Crippen LogP) is 17.5. The maximum absolute atomic E-state index is 13.8. The Morgan fingerprint density at radius 1 is 0.400 bits per heavy atom. The SMILES string of the molecule is CSc1ccc(C(=O)[C@@H](C)[C@H](C)Cc2cc(C)c(OC(C)(C)C(=O)OCSc3ccc(C(=O)[C@H](C)[C@@H](C)Cc4cc(C)c(OC(C)(C)C(=O)OCSc5ccc(C(=O)[C@@H](C)[C@H](C)Cc6cc(C)c(OC(C)(C)C(=O)O)c(C)c6)cc5)c(C)c4)cc3)c(C)c2)cc1. The van der Waals surface area contributed by atoms with Crippen molar-refractivity contribution in [2.24, 2.45) is 35.5 Å². The van der Waals surface area contributed by atoms with E-state index in [0.29, 0.717) is 41.2 Å². The zero-order valence-electron chi connectivity index (χ0n) is 56.1. The summed E-state index contributed by atoms with van der Waals surface area (Å²) in [6.07, 6.45) is 4.05. The highest BCUT2D eigenvalue weighted by Crippen LogP contribution is 2.36. The number of ketones is 3. The van der Waals surface area contributed by atoms with Gasteiger partial charge in [0, 0.05) is 49.1 Å². The fourth-order valence-electron chi connectivity index (χ4n) is 10.9. The number of rotatable bonds is 31. The van der Waals surface area contributed by atoms with Crippen LogP contribution < -0.4 is 14.2 Å². The number of benzene rings is 6. The number of hydrogen-bond acceptors (Lipinski definition) is 14. The molecule has 90 heavy (non-hydrogen) atoms. The summed E-state index contributed by atoms with van der Waals surface area (Å²) in [5.74, 6) is -0.569. The van der Waals surface area contributed by atoms with Crippen molar-refractivity contribution in [2.45, 2.75) is 175 Å². The Balaban J connectivity index is 0.926. The number of esters is 2. The van der Waals surface area contributed by atoms with Crippen molar-refractivity contribution in [3.8, 4) is 17.2 Å². The van der Waals surface area contributed by atoms with E-state index in [9.17, 15) is 33.9 Å². The minimum atomic E-state index is -1.37. The third-order valence-electron chi connectivity index (χ3n) is 17.1. The number of aliphatic carboxylic acids is 1. The molecule has 6 aromatic rings. The second kappa shape index (κ2) is 31.0. The molecule has 0 aromatic heterocycles. The van der Waals surface area contributed by atoms with E-state index in [0.717, 1.165) is 76.7 Å². The minimum Gasteiger partial charge on any atom is -0.478 e. The van der Waals surface area contributed by atoms with Gasteiger partial charge in [0.1, 0.15) is 29.1 Å². The van der Waals surface area contributed by atoms with Gasteiger partial charge in [-0.15, -0.1) is 11.8 Å².